The summed E-state index contributed by atoms with van der Waals surface area (Å²) < 4.78 is 0. The Morgan fingerprint density at radius 2 is 1.88 bits per heavy atom. The van der Waals surface area contributed by atoms with Gasteiger partial charge in [-0.3, -0.25) is 0 Å². The molecule has 0 aliphatic rings. The average Bonchev–Trinajstić information content (AvgIpc) is 2.27. The maximum Gasteiger partial charge on any atom is 0.0699 e. The van der Waals surface area contributed by atoms with E-state index in [0.717, 1.165) is 6.42 Å². The van der Waals surface area contributed by atoms with Gasteiger partial charge in [0.25, 0.3) is 0 Å². The van der Waals surface area contributed by atoms with Crippen molar-refractivity contribution in [2.24, 2.45) is 0 Å². The van der Waals surface area contributed by atoms with Crippen molar-refractivity contribution in [1.82, 2.24) is 0 Å². The first-order chi connectivity index (χ1) is 7.63. The molecule has 1 unspecified atom stereocenters. The molecule has 4 heteroatoms. The molecule has 0 rings (SSSR count). The second kappa shape index (κ2) is 10.4. The zero-order valence-corrected chi connectivity index (χ0v) is 12.5. The SMILES string of the molecule is CCCCCCCC(S)/[Si](C)=C(\O)CCO. The minimum Gasteiger partial charge on any atom is -0.518 e. The first-order valence-electron chi connectivity index (χ1n) is 6.31. The van der Waals surface area contributed by atoms with Crippen molar-refractivity contribution >= 4 is 26.4 Å². The molecule has 0 aromatic carbocycles. The Kier molecular flexibility index (Phi) is 10.5. The zero-order chi connectivity index (χ0) is 12.4. The molecule has 0 radical (unpaired) electrons. The van der Waals surface area contributed by atoms with E-state index in [-0.39, 0.29) is 6.61 Å². The Hall–Kier alpha value is 0.197. The Labute approximate surface area is 107 Å². The third-order valence-corrected chi connectivity index (χ3v) is 6.75. The lowest BCUT2D eigenvalue weighted by Crippen LogP contribution is -2.24. The lowest BCUT2D eigenvalue weighted by molar-refractivity contribution is 0.300. The standard InChI is InChI=1S/C12H26O2SSi/c1-3-4-5-6-7-8-12(15)16(2)11(14)9-10-13/h12-15H,3-10H2,1-2H3/b16-11-. The summed E-state index contributed by atoms with van der Waals surface area (Å²) in [5.74, 6) is 0. The molecule has 0 aromatic heterocycles. The highest BCUT2D eigenvalue weighted by molar-refractivity contribution is 7.82. The van der Waals surface area contributed by atoms with Crippen molar-refractivity contribution < 1.29 is 10.2 Å². The van der Waals surface area contributed by atoms with Crippen molar-refractivity contribution in [2.75, 3.05) is 6.61 Å². The van der Waals surface area contributed by atoms with E-state index >= 15 is 0 Å². The summed E-state index contributed by atoms with van der Waals surface area (Å²) in [4.78, 5) is 0.318. The number of hydrogen-bond acceptors (Lipinski definition) is 3. The second-order valence-corrected chi connectivity index (χ2v) is 8.07. The fourth-order valence-electron chi connectivity index (χ4n) is 1.65. The molecule has 2 N–H and O–H groups in total. The van der Waals surface area contributed by atoms with Gasteiger partial charge < -0.3 is 10.2 Å². The molecule has 0 saturated heterocycles. The van der Waals surface area contributed by atoms with Crippen molar-refractivity contribution in [3.63, 3.8) is 0 Å². The largest absolute Gasteiger partial charge is 0.518 e. The van der Waals surface area contributed by atoms with Gasteiger partial charge in [-0.1, -0.05) is 45.6 Å². The number of aliphatic hydroxyl groups is 2. The third-order valence-electron chi connectivity index (χ3n) is 2.88. The Bertz CT molecular complexity index is 207. The fraction of sp³-hybridized carbons (Fsp3) is 0.917. The highest BCUT2D eigenvalue weighted by atomic mass is 32.1. The minimum absolute atomic E-state index is 0.0465. The normalized spacial score (nSPS) is 14.8. The first-order valence-corrected chi connectivity index (χ1v) is 8.90. The number of aliphatic hydroxyl groups excluding tert-OH is 2. The summed E-state index contributed by atoms with van der Waals surface area (Å²) in [6.45, 7) is 4.35. The quantitative estimate of drug-likeness (QED) is 0.340. The van der Waals surface area contributed by atoms with Gasteiger partial charge in [0.05, 0.1) is 13.8 Å². The number of thiol groups is 1. The molecule has 0 aromatic rings. The van der Waals surface area contributed by atoms with Gasteiger partial charge in [-0.05, 0) is 6.42 Å². The van der Waals surface area contributed by atoms with Gasteiger partial charge in [0.15, 0.2) is 0 Å². The summed E-state index contributed by atoms with van der Waals surface area (Å²) in [6, 6.07) is 0. The lowest BCUT2D eigenvalue weighted by Gasteiger charge is -2.12. The van der Waals surface area contributed by atoms with E-state index in [2.05, 4.69) is 26.1 Å². The molecule has 0 fully saturated rings. The van der Waals surface area contributed by atoms with Crippen molar-refractivity contribution in [1.29, 1.82) is 0 Å². The van der Waals surface area contributed by atoms with Crippen LogP contribution in [0.3, 0.4) is 0 Å². The smallest absolute Gasteiger partial charge is 0.0699 e. The van der Waals surface area contributed by atoms with Crippen molar-refractivity contribution in [2.45, 2.75) is 63.3 Å². The van der Waals surface area contributed by atoms with Gasteiger partial charge in [-0.15, -0.1) is 0 Å². The predicted octanol–water partition coefficient (Wildman–Crippen LogP) is 2.78. The Morgan fingerprint density at radius 3 is 2.44 bits per heavy atom. The summed E-state index contributed by atoms with van der Waals surface area (Å²) >= 11 is 4.56. The molecule has 0 heterocycles. The zero-order valence-electron chi connectivity index (χ0n) is 10.6. The Morgan fingerprint density at radius 1 is 1.25 bits per heavy atom. The molecule has 0 spiro atoms. The van der Waals surface area contributed by atoms with Gasteiger partial charge >= 0.3 is 0 Å². The van der Waals surface area contributed by atoms with Gasteiger partial charge in [-0.2, -0.15) is 12.6 Å². The van der Waals surface area contributed by atoms with Crippen LogP contribution >= 0.6 is 12.6 Å². The molecule has 2 nitrogen and oxygen atoms in total. The number of rotatable bonds is 9. The van der Waals surface area contributed by atoms with E-state index in [9.17, 15) is 5.11 Å². The number of hydrogen-bond donors (Lipinski definition) is 3. The highest BCUT2D eigenvalue weighted by Crippen LogP contribution is 2.11. The van der Waals surface area contributed by atoms with Crippen LogP contribution in [0.25, 0.3) is 0 Å². The molecule has 0 saturated carbocycles. The maximum absolute atomic E-state index is 9.68. The van der Waals surface area contributed by atoms with E-state index in [0.29, 0.717) is 16.6 Å². The van der Waals surface area contributed by atoms with Crippen molar-refractivity contribution in [3.05, 3.63) is 0 Å². The Balaban J connectivity index is 3.78. The van der Waals surface area contributed by atoms with Crippen LogP contribution in [0.1, 0.15) is 51.9 Å². The fourth-order valence-corrected chi connectivity index (χ4v) is 3.81. The van der Waals surface area contributed by atoms with Crippen LogP contribution in [0, 0.1) is 0 Å². The van der Waals surface area contributed by atoms with E-state index < -0.39 is 8.41 Å². The van der Waals surface area contributed by atoms with E-state index in [4.69, 9.17) is 5.11 Å². The van der Waals surface area contributed by atoms with E-state index in [1.165, 1.54) is 32.1 Å². The van der Waals surface area contributed by atoms with Crippen LogP contribution in [0.5, 0.6) is 0 Å². The topological polar surface area (TPSA) is 40.5 Å². The highest BCUT2D eigenvalue weighted by Gasteiger charge is 2.10. The van der Waals surface area contributed by atoms with Crippen molar-refractivity contribution in [3.8, 4) is 0 Å². The molecular formula is C12H26O2SSi. The first kappa shape index (κ1) is 16.2. The van der Waals surface area contributed by atoms with Crippen LogP contribution in [0.2, 0.25) is 6.55 Å². The molecule has 96 valence electrons. The lowest BCUT2D eigenvalue weighted by atomic mass is 10.1. The summed E-state index contributed by atoms with van der Waals surface area (Å²) in [7, 11) is -0.924. The van der Waals surface area contributed by atoms with E-state index in [1.54, 1.807) is 0 Å². The van der Waals surface area contributed by atoms with Crippen LogP contribution in [-0.2, 0) is 0 Å². The molecule has 0 aliphatic carbocycles. The third kappa shape index (κ3) is 7.47. The predicted molar refractivity (Wildman–Crippen MR) is 76.4 cm³/mol. The van der Waals surface area contributed by atoms with Crippen LogP contribution < -0.4 is 0 Å². The van der Waals surface area contributed by atoms with E-state index in [1.807, 2.05) is 0 Å². The molecule has 16 heavy (non-hydrogen) atoms. The van der Waals surface area contributed by atoms with Crippen LogP contribution in [0.15, 0.2) is 0 Å². The van der Waals surface area contributed by atoms with Gasteiger partial charge in [-0.25, -0.2) is 0 Å². The molecular weight excluding hydrogens is 236 g/mol. The molecule has 0 aliphatic heterocycles. The summed E-state index contributed by atoms with van der Waals surface area (Å²) in [5.41, 5.74) is 0. The molecule has 0 amide bonds. The van der Waals surface area contributed by atoms with Gasteiger partial charge in [0, 0.05) is 17.9 Å². The van der Waals surface area contributed by atoms with Gasteiger partial charge in [0.1, 0.15) is 0 Å². The molecule has 0 bridgehead atoms. The molecule has 1 atom stereocenters. The average molecular weight is 262 g/mol. The minimum atomic E-state index is -0.924. The summed E-state index contributed by atoms with van der Waals surface area (Å²) in [6.07, 6.45) is 7.92. The van der Waals surface area contributed by atoms with Crippen LogP contribution in [-0.4, -0.2) is 35.5 Å². The number of unbranched alkanes of at least 4 members (excludes halogenated alkanes) is 4. The van der Waals surface area contributed by atoms with Gasteiger partial charge in [0.2, 0.25) is 0 Å². The van der Waals surface area contributed by atoms with Crippen LogP contribution in [0.4, 0.5) is 0 Å². The maximum atomic E-state index is 9.68. The second-order valence-electron chi connectivity index (χ2n) is 4.32. The monoisotopic (exact) mass is 262 g/mol. The summed E-state index contributed by atoms with van der Waals surface area (Å²) in [5, 5.41) is 18.9.